The normalized spacial score (nSPS) is 12.2. The van der Waals surface area contributed by atoms with Crippen LogP contribution < -0.4 is 9.64 Å². The van der Waals surface area contributed by atoms with Crippen LogP contribution in [-0.2, 0) is 4.74 Å². The Hall–Kier alpha value is -2.75. The molecule has 2 aromatic rings. The highest BCUT2D eigenvalue weighted by Gasteiger charge is 2.30. The summed E-state index contributed by atoms with van der Waals surface area (Å²) in [6, 6.07) is 17.1. The molecule has 0 aromatic heterocycles. The van der Waals surface area contributed by atoms with Crippen LogP contribution in [-0.4, -0.2) is 18.8 Å². The molecule has 1 amide bonds. The van der Waals surface area contributed by atoms with Gasteiger partial charge >= 0.3 is 6.09 Å². The molecule has 2 aromatic carbocycles. The number of carbonyl (C=O) groups excluding carboxylic acids is 1. The number of nitrogens with zero attached hydrogens (tertiary/aromatic N) is 1. The van der Waals surface area contributed by atoms with Gasteiger partial charge < -0.3 is 9.47 Å². The molecule has 0 saturated heterocycles. The van der Waals surface area contributed by atoms with Gasteiger partial charge in [0.1, 0.15) is 11.4 Å². The Morgan fingerprint density at radius 2 is 1.73 bits per heavy atom. The molecule has 0 aliphatic carbocycles. The SMILES string of the molecule is C=CCC(c1ccccc1)N(C(=O)OC(C)(C)C)c1ccc(OC)cc1. The van der Waals surface area contributed by atoms with Crippen molar-refractivity contribution in [1.82, 2.24) is 0 Å². The zero-order valence-corrected chi connectivity index (χ0v) is 15.9. The van der Waals surface area contributed by atoms with E-state index >= 15 is 0 Å². The van der Waals surface area contributed by atoms with Crippen LogP contribution in [0.2, 0.25) is 0 Å². The van der Waals surface area contributed by atoms with Crippen molar-refractivity contribution < 1.29 is 14.3 Å². The first-order chi connectivity index (χ1) is 12.4. The maximum Gasteiger partial charge on any atom is 0.415 e. The minimum Gasteiger partial charge on any atom is -0.497 e. The average molecular weight is 353 g/mol. The summed E-state index contributed by atoms with van der Waals surface area (Å²) >= 11 is 0. The zero-order chi connectivity index (χ0) is 19.2. The molecule has 1 unspecified atom stereocenters. The minimum atomic E-state index is -0.586. The standard InChI is InChI=1S/C22H27NO3/c1-6-10-20(17-11-8-7-9-12-17)23(21(24)26-22(2,3)4)18-13-15-19(25-5)16-14-18/h6-9,11-16,20H,1,10H2,2-5H3. The molecule has 0 spiro atoms. The van der Waals surface area contributed by atoms with Crippen LogP contribution in [0.15, 0.2) is 67.3 Å². The fourth-order valence-electron chi connectivity index (χ4n) is 2.69. The van der Waals surface area contributed by atoms with Gasteiger partial charge in [0.25, 0.3) is 0 Å². The Balaban J connectivity index is 2.48. The van der Waals surface area contributed by atoms with Crippen LogP contribution >= 0.6 is 0 Å². The first-order valence-corrected chi connectivity index (χ1v) is 8.68. The monoisotopic (exact) mass is 353 g/mol. The van der Waals surface area contributed by atoms with Crippen LogP contribution in [0, 0.1) is 0 Å². The minimum absolute atomic E-state index is 0.211. The number of hydrogen-bond donors (Lipinski definition) is 0. The van der Waals surface area contributed by atoms with E-state index in [1.165, 1.54) is 0 Å². The fraction of sp³-hybridized carbons (Fsp3) is 0.318. The molecule has 0 heterocycles. The van der Waals surface area contributed by atoms with Gasteiger partial charge in [0.05, 0.1) is 13.2 Å². The number of anilines is 1. The second kappa shape index (κ2) is 8.56. The number of rotatable bonds is 6. The van der Waals surface area contributed by atoms with Crippen molar-refractivity contribution in [3.8, 4) is 5.75 Å². The Labute approximate surface area is 156 Å². The lowest BCUT2D eigenvalue weighted by Gasteiger charge is -2.33. The molecule has 0 aliphatic heterocycles. The van der Waals surface area contributed by atoms with Crippen LogP contribution in [0.3, 0.4) is 0 Å². The molecule has 1 atom stereocenters. The molecule has 138 valence electrons. The number of ether oxygens (including phenoxy) is 2. The Morgan fingerprint density at radius 3 is 2.23 bits per heavy atom. The number of hydrogen-bond acceptors (Lipinski definition) is 3. The molecule has 0 saturated carbocycles. The summed E-state index contributed by atoms with van der Waals surface area (Å²) in [6.45, 7) is 9.45. The van der Waals surface area contributed by atoms with Crippen molar-refractivity contribution in [3.63, 3.8) is 0 Å². The number of benzene rings is 2. The van der Waals surface area contributed by atoms with E-state index in [1.54, 1.807) is 12.0 Å². The van der Waals surface area contributed by atoms with Crippen molar-refractivity contribution in [1.29, 1.82) is 0 Å². The largest absolute Gasteiger partial charge is 0.497 e. The van der Waals surface area contributed by atoms with Crippen LogP contribution in [0.1, 0.15) is 38.8 Å². The molecule has 0 radical (unpaired) electrons. The van der Waals surface area contributed by atoms with E-state index in [0.29, 0.717) is 6.42 Å². The van der Waals surface area contributed by atoms with E-state index < -0.39 is 11.7 Å². The van der Waals surface area contributed by atoms with E-state index in [0.717, 1.165) is 17.0 Å². The Bertz CT molecular complexity index is 717. The van der Waals surface area contributed by atoms with Crippen molar-refractivity contribution in [3.05, 3.63) is 72.8 Å². The second-order valence-electron chi connectivity index (χ2n) is 7.00. The smallest absolute Gasteiger partial charge is 0.415 e. The molecular formula is C22H27NO3. The van der Waals surface area contributed by atoms with Gasteiger partial charge in [-0.05, 0) is 57.0 Å². The van der Waals surface area contributed by atoms with Crippen LogP contribution in [0.4, 0.5) is 10.5 Å². The lowest BCUT2D eigenvalue weighted by molar-refractivity contribution is 0.0565. The molecule has 2 rings (SSSR count). The maximum absolute atomic E-state index is 13.0. The van der Waals surface area contributed by atoms with Crippen molar-refractivity contribution in [2.75, 3.05) is 12.0 Å². The van der Waals surface area contributed by atoms with E-state index in [1.807, 2.05) is 81.4 Å². The van der Waals surface area contributed by atoms with Gasteiger partial charge in [-0.3, -0.25) is 4.90 Å². The summed E-state index contributed by atoms with van der Waals surface area (Å²) in [7, 11) is 1.62. The number of carbonyl (C=O) groups is 1. The van der Waals surface area contributed by atoms with Crippen LogP contribution in [0.25, 0.3) is 0 Å². The summed E-state index contributed by atoms with van der Waals surface area (Å²) in [5, 5.41) is 0. The first kappa shape index (κ1) is 19.6. The molecule has 0 N–H and O–H groups in total. The quantitative estimate of drug-likeness (QED) is 0.620. The van der Waals surface area contributed by atoms with Crippen LogP contribution in [0.5, 0.6) is 5.75 Å². The molecule has 4 nitrogen and oxygen atoms in total. The van der Waals surface area contributed by atoms with E-state index in [-0.39, 0.29) is 6.04 Å². The lowest BCUT2D eigenvalue weighted by atomic mass is 10.0. The third-order valence-corrected chi connectivity index (χ3v) is 3.83. The average Bonchev–Trinajstić information content (AvgIpc) is 2.61. The topological polar surface area (TPSA) is 38.8 Å². The highest BCUT2D eigenvalue weighted by atomic mass is 16.6. The van der Waals surface area contributed by atoms with Gasteiger partial charge in [0, 0.05) is 5.69 Å². The summed E-state index contributed by atoms with van der Waals surface area (Å²) in [4.78, 5) is 14.7. The van der Waals surface area contributed by atoms with Gasteiger partial charge in [-0.1, -0.05) is 36.4 Å². The number of amides is 1. The maximum atomic E-state index is 13.0. The predicted octanol–water partition coefficient (Wildman–Crippen LogP) is 5.75. The molecule has 0 aliphatic rings. The lowest BCUT2D eigenvalue weighted by Crippen LogP contribution is -2.39. The van der Waals surface area contributed by atoms with Gasteiger partial charge in [0.2, 0.25) is 0 Å². The predicted molar refractivity (Wildman–Crippen MR) is 106 cm³/mol. The zero-order valence-electron chi connectivity index (χ0n) is 15.9. The highest BCUT2D eigenvalue weighted by molar-refractivity contribution is 5.89. The molecule has 4 heteroatoms. The molecule has 0 fully saturated rings. The Morgan fingerprint density at radius 1 is 1.12 bits per heavy atom. The fourth-order valence-corrected chi connectivity index (χ4v) is 2.69. The highest BCUT2D eigenvalue weighted by Crippen LogP contribution is 2.33. The number of methoxy groups -OCH3 is 1. The van der Waals surface area contributed by atoms with E-state index in [9.17, 15) is 4.79 Å². The molecular weight excluding hydrogens is 326 g/mol. The summed E-state index contributed by atoms with van der Waals surface area (Å²) in [5.74, 6) is 0.734. The van der Waals surface area contributed by atoms with Crippen molar-refractivity contribution >= 4 is 11.8 Å². The Kier molecular flexibility index (Phi) is 6.45. The summed E-state index contributed by atoms with van der Waals surface area (Å²) in [5.41, 5.74) is 1.18. The first-order valence-electron chi connectivity index (χ1n) is 8.68. The van der Waals surface area contributed by atoms with E-state index in [2.05, 4.69) is 6.58 Å². The van der Waals surface area contributed by atoms with Crippen molar-refractivity contribution in [2.24, 2.45) is 0 Å². The third kappa shape index (κ3) is 5.12. The van der Waals surface area contributed by atoms with Gasteiger partial charge in [-0.2, -0.15) is 0 Å². The van der Waals surface area contributed by atoms with E-state index in [4.69, 9.17) is 9.47 Å². The molecule has 26 heavy (non-hydrogen) atoms. The van der Waals surface area contributed by atoms with Gasteiger partial charge in [-0.25, -0.2) is 4.79 Å². The van der Waals surface area contributed by atoms with Gasteiger partial charge in [0.15, 0.2) is 0 Å². The second-order valence-corrected chi connectivity index (χ2v) is 7.00. The van der Waals surface area contributed by atoms with Crippen molar-refractivity contribution in [2.45, 2.75) is 38.8 Å². The summed E-state index contributed by atoms with van der Waals surface area (Å²) < 4.78 is 10.9. The third-order valence-electron chi connectivity index (χ3n) is 3.83. The van der Waals surface area contributed by atoms with Gasteiger partial charge in [-0.15, -0.1) is 6.58 Å². The molecule has 0 bridgehead atoms. The summed E-state index contributed by atoms with van der Waals surface area (Å²) in [6.07, 6.45) is 2.03.